The number of aromatic nitrogens is 2. The topological polar surface area (TPSA) is 48.3 Å². The number of fused-ring (bicyclic) bond motifs is 1. The van der Waals surface area contributed by atoms with Crippen LogP contribution in [-0.4, -0.2) is 29.5 Å². The van der Waals surface area contributed by atoms with Crippen molar-refractivity contribution in [2.75, 3.05) is 19.8 Å². The fourth-order valence-electron chi connectivity index (χ4n) is 2.61. The van der Waals surface area contributed by atoms with E-state index < -0.39 is 0 Å². The molecule has 0 radical (unpaired) electrons. The zero-order chi connectivity index (χ0) is 14.7. The van der Waals surface area contributed by atoms with Gasteiger partial charge in [-0.3, -0.25) is 4.68 Å². The summed E-state index contributed by atoms with van der Waals surface area (Å²) in [7, 11) is 1.94. The third-order valence-electron chi connectivity index (χ3n) is 3.60. The summed E-state index contributed by atoms with van der Waals surface area (Å²) in [5.74, 6) is 1.67. The van der Waals surface area contributed by atoms with Crippen molar-refractivity contribution in [2.45, 2.75) is 19.4 Å². The van der Waals surface area contributed by atoms with Crippen LogP contribution in [0.15, 0.2) is 30.5 Å². The van der Waals surface area contributed by atoms with E-state index in [1.54, 1.807) is 0 Å². The molecular formula is C16H21N3O2. The number of nitrogens with zero attached hydrogens (tertiary/aromatic N) is 2. The number of rotatable bonds is 5. The van der Waals surface area contributed by atoms with E-state index in [0.29, 0.717) is 13.2 Å². The van der Waals surface area contributed by atoms with Crippen LogP contribution in [0, 0.1) is 0 Å². The molecule has 0 amide bonds. The molecule has 0 aliphatic carbocycles. The molecule has 0 saturated carbocycles. The van der Waals surface area contributed by atoms with Crippen LogP contribution in [0.2, 0.25) is 0 Å². The highest BCUT2D eigenvalue weighted by molar-refractivity contribution is 5.44. The maximum absolute atomic E-state index is 5.67. The minimum absolute atomic E-state index is 0.223. The zero-order valence-electron chi connectivity index (χ0n) is 12.5. The molecule has 21 heavy (non-hydrogen) atoms. The Balaban J connectivity index is 1.82. The lowest BCUT2D eigenvalue weighted by Gasteiger charge is -2.22. The van der Waals surface area contributed by atoms with Gasteiger partial charge in [0.05, 0.1) is 5.69 Å². The molecule has 2 aromatic rings. The summed E-state index contributed by atoms with van der Waals surface area (Å²) in [4.78, 5) is 0. The van der Waals surface area contributed by atoms with Crippen molar-refractivity contribution in [3.8, 4) is 11.5 Å². The van der Waals surface area contributed by atoms with Gasteiger partial charge in [0.25, 0.3) is 0 Å². The van der Waals surface area contributed by atoms with Crippen molar-refractivity contribution >= 4 is 0 Å². The third kappa shape index (κ3) is 3.19. The molecular weight excluding hydrogens is 266 g/mol. The van der Waals surface area contributed by atoms with Crippen LogP contribution in [0.5, 0.6) is 11.5 Å². The fraction of sp³-hybridized carbons (Fsp3) is 0.438. The highest BCUT2D eigenvalue weighted by Gasteiger charge is 2.17. The monoisotopic (exact) mass is 287 g/mol. The van der Waals surface area contributed by atoms with E-state index in [1.165, 1.54) is 5.56 Å². The minimum atomic E-state index is 0.223. The van der Waals surface area contributed by atoms with E-state index >= 15 is 0 Å². The molecule has 1 aliphatic rings. The molecule has 0 fully saturated rings. The van der Waals surface area contributed by atoms with Gasteiger partial charge in [-0.15, -0.1) is 0 Å². The first-order valence-electron chi connectivity index (χ1n) is 7.37. The summed E-state index contributed by atoms with van der Waals surface area (Å²) in [6.45, 7) is 4.26. The third-order valence-corrected chi connectivity index (χ3v) is 3.60. The molecule has 1 atom stereocenters. The van der Waals surface area contributed by atoms with E-state index in [1.807, 2.05) is 24.0 Å². The normalized spacial score (nSPS) is 15.0. The second kappa shape index (κ2) is 6.18. The van der Waals surface area contributed by atoms with Crippen LogP contribution in [0.4, 0.5) is 0 Å². The van der Waals surface area contributed by atoms with E-state index in [2.05, 4.69) is 35.5 Å². The Kier molecular flexibility index (Phi) is 4.10. The molecule has 0 bridgehead atoms. The van der Waals surface area contributed by atoms with Crippen LogP contribution in [0.25, 0.3) is 0 Å². The molecule has 1 unspecified atom stereocenters. The zero-order valence-corrected chi connectivity index (χ0v) is 12.5. The molecule has 0 spiro atoms. The second-order valence-corrected chi connectivity index (χ2v) is 5.20. The maximum Gasteiger partial charge on any atom is 0.161 e. The molecule has 5 heteroatoms. The molecule has 3 rings (SSSR count). The number of likely N-dealkylation sites (N-methyl/N-ethyl adjacent to an activating group) is 1. The molecule has 1 aromatic heterocycles. The average Bonchev–Trinajstić information content (AvgIpc) is 2.91. The van der Waals surface area contributed by atoms with E-state index in [9.17, 15) is 0 Å². The smallest absolute Gasteiger partial charge is 0.161 e. The Bertz CT molecular complexity index is 609. The van der Waals surface area contributed by atoms with Crippen molar-refractivity contribution in [1.82, 2.24) is 15.1 Å². The standard InChI is InChI=1S/C16H21N3O2/c1-3-17-14(11-13-6-7-19(2)18-13)12-4-5-15-16(10-12)21-9-8-20-15/h4-7,10,14,17H,3,8-9,11H2,1-2H3. The number of hydrogen-bond acceptors (Lipinski definition) is 4. The highest BCUT2D eigenvalue weighted by atomic mass is 16.6. The van der Waals surface area contributed by atoms with Gasteiger partial charge >= 0.3 is 0 Å². The van der Waals surface area contributed by atoms with Crippen molar-refractivity contribution in [3.05, 3.63) is 41.7 Å². The minimum Gasteiger partial charge on any atom is -0.486 e. The van der Waals surface area contributed by atoms with Gasteiger partial charge in [-0.1, -0.05) is 13.0 Å². The van der Waals surface area contributed by atoms with E-state index in [4.69, 9.17) is 9.47 Å². The molecule has 112 valence electrons. The van der Waals surface area contributed by atoms with Crippen molar-refractivity contribution in [1.29, 1.82) is 0 Å². The summed E-state index contributed by atoms with van der Waals surface area (Å²) in [6, 6.07) is 8.45. The molecule has 1 aliphatic heterocycles. The Labute approximate surface area is 124 Å². The first kappa shape index (κ1) is 13.9. The summed E-state index contributed by atoms with van der Waals surface area (Å²) >= 11 is 0. The predicted molar refractivity (Wildman–Crippen MR) is 80.8 cm³/mol. The van der Waals surface area contributed by atoms with Gasteiger partial charge in [0, 0.05) is 25.7 Å². The molecule has 0 saturated heterocycles. The average molecular weight is 287 g/mol. The first-order valence-corrected chi connectivity index (χ1v) is 7.37. The summed E-state index contributed by atoms with van der Waals surface area (Å²) in [5.41, 5.74) is 2.28. The lowest BCUT2D eigenvalue weighted by molar-refractivity contribution is 0.171. The fourth-order valence-corrected chi connectivity index (χ4v) is 2.61. The van der Waals surface area contributed by atoms with Gasteiger partial charge in [0.2, 0.25) is 0 Å². The van der Waals surface area contributed by atoms with Gasteiger partial charge < -0.3 is 14.8 Å². The maximum atomic E-state index is 5.67. The van der Waals surface area contributed by atoms with Gasteiger partial charge in [0.1, 0.15) is 13.2 Å². The van der Waals surface area contributed by atoms with E-state index in [0.717, 1.165) is 30.2 Å². The molecule has 2 heterocycles. The van der Waals surface area contributed by atoms with Gasteiger partial charge in [0.15, 0.2) is 11.5 Å². The van der Waals surface area contributed by atoms with Crippen LogP contribution < -0.4 is 14.8 Å². The van der Waals surface area contributed by atoms with Crippen molar-refractivity contribution in [2.24, 2.45) is 7.05 Å². The van der Waals surface area contributed by atoms with Crippen LogP contribution in [0.1, 0.15) is 24.2 Å². The van der Waals surface area contributed by atoms with Gasteiger partial charge in [-0.2, -0.15) is 5.10 Å². The first-order chi connectivity index (χ1) is 10.3. The van der Waals surface area contributed by atoms with E-state index in [-0.39, 0.29) is 6.04 Å². The lowest BCUT2D eigenvalue weighted by Crippen LogP contribution is -2.24. The van der Waals surface area contributed by atoms with Crippen molar-refractivity contribution in [3.63, 3.8) is 0 Å². The molecule has 5 nitrogen and oxygen atoms in total. The number of hydrogen-bond donors (Lipinski definition) is 1. The van der Waals surface area contributed by atoms with Crippen LogP contribution in [0.3, 0.4) is 0 Å². The second-order valence-electron chi connectivity index (χ2n) is 5.20. The summed E-state index contributed by atoms with van der Waals surface area (Å²) < 4.78 is 13.1. The molecule has 1 N–H and O–H groups in total. The van der Waals surface area contributed by atoms with Crippen LogP contribution >= 0.6 is 0 Å². The number of benzene rings is 1. The summed E-state index contributed by atoms with van der Waals surface area (Å²) in [6.07, 6.45) is 2.83. The summed E-state index contributed by atoms with van der Waals surface area (Å²) in [5, 5.41) is 7.98. The van der Waals surface area contributed by atoms with Crippen molar-refractivity contribution < 1.29 is 9.47 Å². The Morgan fingerprint density at radius 3 is 2.76 bits per heavy atom. The van der Waals surface area contributed by atoms with Gasteiger partial charge in [-0.25, -0.2) is 0 Å². The number of nitrogens with one attached hydrogen (secondary N) is 1. The quantitative estimate of drug-likeness (QED) is 0.915. The number of ether oxygens (including phenoxy) is 2. The Morgan fingerprint density at radius 1 is 1.24 bits per heavy atom. The largest absolute Gasteiger partial charge is 0.486 e. The Hall–Kier alpha value is -2.01. The SMILES string of the molecule is CCNC(Cc1ccn(C)n1)c1ccc2c(c1)OCCO2. The Morgan fingerprint density at radius 2 is 2.05 bits per heavy atom. The highest BCUT2D eigenvalue weighted by Crippen LogP contribution is 2.33. The number of aryl methyl sites for hydroxylation is 1. The predicted octanol–water partition coefficient (Wildman–Crippen LogP) is 2.08. The lowest BCUT2D eigenvalue weighted by atomic mass is 10.0. The molecule has 1 aromatic carbocycles. The van der Waals surface area contributed by atoms with Gasteiger partial charge in [-0.05, 0) is 30.3 Å². The van der Waals surface area contributed by atoms with Crippen LogP contribution in [-0.2, 0) is 13.5 Å².